The maximum absolute atomic E-state index is 5.58. The minimum absolute atomic E-state index is 0.508. The zero-order valence-electron chi connectivity index (χ0n) is 17.0. The van der Waals surface area contributed by atoms with Gasteiger partial charge in [0, 0.05) is 35.1 Å². The standard InChI is InChI=1S/C25H25N3OS/c1-29-25-21(11-7-15-26-25)24-23(20-10-5-6-12-22(20)27-24)18-13-16-28(17-14-18)30-19-8-3-2-4-9-19/h2-12,15,18,27H,13-14,16-17H2,1H3. The minimum Gasteiger partial charge on any atom is -0.481 e. The molecule has 5 rings (SSSR count). The molecule has 1 saturated heterocycles. The molecule has 1 fully saturated rings. The summed E-state index contributed by atoms with van der Waals surface area (Å²) >= 11 is 1.87. The number of hydrogen-bond acceptors (Lipinski definition) is 4. The smallest absolute Gasteiger partial charge is 0.222 e. The SMILES string of the molecule is COc1ncccc1-c1[nH]c2ccccc2c1C1CCN(Sc2ccccc2)CC1. The van der Waals surface area contributed by atoms with Crippen molar-refractivity contribution in [3.05, 3.63) is 78.5 Å². The molecule has 1 aliphatic heterocycles. The van der Waals surface area contributed by atoms with Gasteiger partial charge in [-0.3, -0.25) is 0 Å². The molecule has 1 aliphatic rings. The molecule has 2 aromatic heterocycles. The van der Waals surface area contributed by atoms with E-state index in [4.69, 9.17) is 4.74 Å². The molecule has 2 aromatic carbocycles. The fraction of sp³-hybridized carbons (Fsp3) is 0.240. The summed E-state index contributed by atoms with van der Waals surface area (Å²) in [5.74, 6) is 1.18. The number of benzene rings is 2. The molecule has 1 N–H and O–H groups in total. The van der Waals surface area contributed by atoms with E-state index in [0.717, 1.165) is 37.2 Å². The van der Waals surface area contributed by atoms with Gasteiger partial charge in [0.05, 0.1) is 18.4 Å². The van der Waals surface area contributed by atoms with Crippen LogP contribution in [-0.4, -0.2) is 34.5 Å². The van der Waals surface area contributed by atoms with Crippen LogP contribution in [0.15, 0.2) is 77.8 Å². The van der Waals surface area contributed by atoms with E-state index in [1.165, 1.54) is 21.4 Å². The van der Waals surface area contributed by atoms with Gasteiger partial charge in [-0.05, 0) is 66.6 Å². The number of methoxy groups -OCH3 is 1. The second-order valence-corrected chi connectivity index (χ2v) is 8.80. The lowest BCUT2D eigenvalue weighted by atomic mass is 9.87. The lowest BCUT2D eigenvalue weighted by molar-refractivity contribution is 0.347. The summed E-state index contributed by atoms with van der Waals surface area (Å²) in [6.07, 6.45) is 4.05. The van der Waals surface area contributed by atoms with Crippen LogP contribution < -0.4 is 4.74 Å². The van der Waals surface area contributed by atoms with Gasteiger partial charge in [0.2, 0.25) is 5.88 Å². The number of aromatic amines is 1. The molecule has 5 heteroatoms. The Bertz CT molecular complexity index is 1130. The number of fused-ring (bicyclic) bond motifs is 1. The summed E-state index contributed by atoms with van der Waals surface area (Å²) in [6, 6.07) is 23.3. The van der Waals surface area contributed by atoms with Crippen molar-refractivity contribution in [1.29, 1.82) is 0 Å². The zero-order chi connectivity index (χ0) is 20.3. The first-order valence-corrected chi connectivity index (χ1v) is 11.2. The molecule has 0 aliphatic carbocycles. The molecule has 0 spiro atoms. The highest BCUT2D eigenvalue weighted by atomic mass is 32.2. The second kappa shape index (κ2) is 8.54. The van der Waals surface area contributed by atoms with Crippen LogP contribution in [0.5, 0.6) is 5.88 Å². The summed E-state index contributed by atoms with van der Waals surface area (Å²) in [4.78, 5) is 9.41. The largest absolute Gasteiger partial charge is 0.481 e. The Hall–Kier alpha value is -2.76. The normalized spacial score (nSPS) is 15.5. The molecule has 0 atom stereocenters. The van der Waals surface area contributed by atoms with E-state index < -0.39 is 0 Å². The number of pyridine rings is 1. The number of nitrogens with zero attached hydrogens (tertiary/aromatic N) is 2. The van der Waals surface area contributed by atoms with Gasteiger partial charge in [0.25, 0.3) is 0 Å². The van der Waals surface area contributed by atoms with E-state index in [1.54, 1.807) is 13.3 Å². The van der Waals surface area contributed by atoms with Crippen LogP contribution in [0.4, 0.5) is 0 Å². The third-order valence-corrected chi connectivity index (χ3v) is 6.93. The molecule has 152 valence electrons. The average Bonchev–Trinajstić information content (AvgIpc) is 3.20. The highest BCUT2D eigenvalue weighted by Gasteiger charge is 2.27. The number of aromatic nitrogens is 2. The van der Waals surface area contributed by atoms with Crippen molar-refractivity contribution in [3.63, 3.8) is 0 Å². The van der Waals surface area contributed by atoms with Crippen LogP contribution in [0.3, 0.4) is 0 Å². The lowest BCUT2D eigenvalue weighted by Gasteiger charge is -2.31. The zero-order valence-corrected chi connectivity index (χ0v) is 17.9. The fourth-order valence-electron chi connectivity index (χ4n) is 4.41. The Balaban J connectivity index is 1.46. The second-order valence-electron chi connectivity index (χ2n) is 7.63. The van der Waals surface area contributed by atoms with Crippen molar-refractivity contribution < 1.29 is 4.74 Å². The summed E-state index contributed by atoms with van der Waals surface area (Å²) in [5.41, 5.74) is 4.76. The number of ether oxygens (including phenoxy) is 1. The van der Waals surface area contributed by atoms with Crippen LogP contribution in [0, 0.1) is 0 Å². The van der Waals surface area contributed by atoms with E-state index in [1.807, 2.05) is 18.0 Å². The number of para-hydroxylation sites is 1. The number of H-pyrrole nitrogens is 1. The van der Waals surface area contributed by atoms with E-state index in [2.05, 4.69) is 74.9 Å². The van der Waals surface area contributed by atoms with Crippen molar-refractivity contribution in [2.45, 2.75) is 23.7 Å². The highest BCUT2D eigenvalue weighted by Crippen LogP contribution is 2.43. The first kappa shape index (κ1) is 19.2. The Morgan fingerprint density at radius 2 is 1.73 bits per heavy atom. The van der Waals surface area contributed by atoms with Crippen LogP contribution in [0.1, 0.15) is 24.3 Å². The third-order valence-electron chi connectivity index (χ3n) is 5.82. The molecule has 4 nitrogen and oxygen atoms in total. The molecule has 30 heavy (non-hydrogen) atoms. The van der Waals surface area contributed by atoms with E-state index in [-0.39, 0.29) is 0 Å². The average molecular weight is 416 g/mol. The topological polar surface area (TPSA) is 41.1 Å². The monoisotopic (exact) mass is 415 g/mol. The number of nitrogens with one attached hydrogen (secondary N) is 1. The number of rotatable bonds is 5. The summed E-state index contributed by atoms with van der Waals surface area (Å²) < 4.78 is 8.07. The molecular formula is C25H25N3OS. The molecule has 0 saturated carbocycles. The Morgan fingerprint density at radius 3 is 2.53 bits per heavy atom. The van der Waals surface area contributed by atoms with Crippen LogP contribution in [0.2, 0.25) is 0 Å². The highest BCUT2D eigenvalue weighted by molar-refractivity contribution is 7.97. The van der Waals surface area contributed by atoms with Gasteiger partial charge in [0.15, 0.2) is 0 Å². The van der Waals surface area contributed by atoms with Gasteiger partial charge in [-0.2, -0.15) is 0 Å². The molecule has 0 radical (unpaired) electrons. The first-order chi connectivity index (χ1) is 14.8. The fourth-order valence-corrected chi connectivity index (χ4v) is 5.38. The van der Waals surface area contributed by atoms with Crippen molar-refractivity contribution >= 4 is 22.9 Å². The van der Waals surface area contributed by atoms with E-state index in [0.29, 0.717) is 11.8 Å². The molecule has 4 aromatic rings. The maximum atomic E-state index is 5.58. The van der Waals surface area contributed by atoms with Gasteiger partial charge < -0.3 is 9.72 Å². The van der Waals surface area contributed by atoms with E-state index >= 15 is 0 Å². The van der Waals surface area contributed by atoms with E-state index in [9.17, 15) is 0 Å². The van der Waals surface area contributed by atoms with Gasteiger partial charge >= 0.3 is 0 Å². The Labute approximate surface area is 181 Å². The molecular weight excluding hydrogens is 390 g/mol. The first-order valence-electron chi connectivity index (χ1n) is 10.4. The summed E-state index contributed by atoms with van der Waals surface area (Å²) in [6.45, 7) is 2.15. The number of hydrogen-bond donors (Lipinski definition) is 1. The molecule has 0 amide bonds. The Kier molecular flexibility index (Phi) is 5.47. The van der Waals surface area contributed by atoms with Gasteiger partial charge in [-0.1, -0.05) is 36.4 Å². The van der Waals surface area contributed by atoms with Gasteiger partial charge in [-0.25, -0.2) is 9.29 Å². The molecule has 3 heterocycles. The molecule has 0 bridgehead atoms. The van der Waals surface area contributed by atoms with Crippen molar-refractivity contribution in [2.24, 2.45) is 0 Å². The molecule has 0 unspecified atom stereocenters. The van der Waals surface area contributed by atoms with Crippen molar-refractivity contribution in [1.82, 2.24) is 14.3 Å². The Morgan fingerprint density at radius 1 is 0.967 bits per heavy atom. The maximum Gasteiger partial charge on any atom is 0.222 e. The van der Waals surface area contributed by atoms with Gasteiger partial charge in [0.1, 0.15) is 0 Å². The predicted molar refractivity (Wildman–Crippen MR) is 124 cm³/mol. The van der Waals surface area contributed by atoms with Crippen LogP contribution in [-0.2, 0) is 0 Å². The van der Waals surface area contributed by atoms with Crippen molar-refractivity contribution in [2.75, 3.05) is 20.2 Å². The van der Waals surface area contributed by atoms with Crippen molar-refractivity contribution in [3.8, 4) is 17.1 Å². The van der Waals surface area contributed by atoms with Crippen LogP contribution in [0.25, 0.3) is 22.2 Å². The quantitative estimate of drug-likeness (QED) is 0.398. The van der Waals surface area contributed by atoms with Gasteiger partial charge in [-0.15, -0.1) is 0 Å². The summed E-state index contributed by atoms with van der Waals surface area (Å²) in [5, 5.41) is 1.31. The third kappa shape index (κ3) is 3.71. The summed E-state index contributed by atoms with van der Waals surface area (Å²) in [7, 11) is 1.69. The predicted octanol–water partition coefficient (Wildman–Crippen LogP) is 6.13. The number of piperidine rings is 1. The van der Waals surface area contributed by atoms with Crippen LogP contribution >= 0.6 is 11.9 Å². The lowest BCUT2D eigenvalue weighted by Crippen LogP contribution is -2.27. The minimum atomic E-state index is 0.508.